The fourth-order valence-corrected chi connectivity index (χ4v) is 3.24. The quantitative estimate of drug-likeness (QED) is 0.446. The Kier molecular flexibility index (Phi) is 4.64. The monoisotopic (exact) mass is 398 g/mol. The summed E-state index contributed by atoms with van der Waals surface area (Å²) >= 11 is 12.1. The van der Waals surface area contributed by atoms with E-state index in [1.807, 2.05) is 25.1 Å². The van der Waals surface area contributed by atoms with Crippen LogP contribution in [0.25, 0.3) is 22.3 Å². The van der Waals surface area contributed by atoms with Crippen molar-refractivity contribution < 1.29 is 4.39 Å². The first-order valence-corrected chi connectivity index (χ1v) is 8.87. The number of nitrogens with zero attached hydrogens (tertiary/aromatic N) is 3. The van der Waals surface area contributed by atoms with Crippen LogP contribution in [0.4, 0.5) is 15.9 Å². The molecule has 2 aromatic heterocycles. The highest BCUT2D eigenvalue weighted by Crippen LogP contribution is 2.32. The van der Waals surface area contributed by atoms with E-state index in [4.69, 9.17) is 23.2 Å². The van der Waals surface area contributed by atoms with Crippen LogP contribution < -0.4 is 5.32 Å². The van der Waals surface area contributed by atoms with Crippen LogP contribution in [-0.2, 0) is 0 Å². The van der Waals surface area contributed by atoms with Crippen LogP contribution in [0.1, 0.15) is 5.56 Å². The average molecular weight is 399 g/mol. The smallest absolute Gasteiger partial charge is 0.163 e. The molecule has 2 heterocycles. The van der Waals surface area contributed by atoms with Gasteiger partial charge in [-0.25, -0.2) is 14.4 Å². The van der Waals surface area contributed by atoms with E-state index in [0.717, 1.165) is 22.0 Å². The van der Waals surface area contributed by atoms with Crippen LogP contribution in [0.3, 0.4) is 0 Å². The van der Waals surface area contributed by atoms with Crippen LogP contribution in [0.15, 0.2) is 54.9 Å². The second kappa shape index (κ2) is 7.10. The highest BCUT2D eigenvalue weighted by atomic mass is 35.5. The van der Waals surface area contributed by atoms with Gasteiger partial charge in [0, 0.05) is 34.1 Å². The molecule has 4 aromatic rings. The van der Waals surface area contributed by atoms with E-state index in [9.17, 15) is 4.39 Å². The Labute approximate surface area is 165 Å². The zero-order valence-corrected chi connectivity index (χ0v) is 15.7. The molecular weight excluding hydrogens is 386 g/mol. The summed E-state index contributed by atoms with van der Waals surface area (Å²) in [6.07, 6.45) is 3.39. The summed E-state index contributed by atoms with van der Waals surface area (Å²) in [5.74, 6) is 0.591. The lowest BCUT2D eigenvalue weighted by molar-refractivity contribution is 0.628. The molecule has 0 spiro atoms. The Bertz CT molecular complexity index is 1150. The van der Waals surface area contributed by atoms with Gasteiger partial charge >= 0.3 is 0 Å². The number of rotatable bonds is 3. The van der Waals surface area contributed by atoms with Crippen molar-refractivity contribution in [2.24, 2.45) is 0 Å². The molecule has 4 rings (SSSR count). The average Bonchev–Trinajstić information content (AvgIpc) is 2.66. The molecule has 0 saturated carbocycles. The topological polar surface area (TPSA) is 50.7 Å². The van der Waals surface area contributed by atoms with E-state index < -0.39 is 5.82 Å². The normalized spacial score (nSPS) is 11.0. The lowest BCUT2D eigenvalue weighted by Crippen LogP contribution is -2.01. The van der Waals surface area contributed by atoms with Crippen molar-refractivity contribution in [1.29, 1.82) is 0 Å². The van der Waals surface area contributed by atoms with Crippen molar-refractivity contribution in [1.82, 2.24) is 15.0 Å². The lowest BCUT2D eigenvalue weighted by atomic mass is 10.1. The van der Waals surface area contributed by atoms with Crippen LogP contribution in [0.5, 0.6) is 0 Å². The van der Waals surface area contributed by atoms with Crippen molar-refractivity contribution in [3.63, 3.8) is 0 Å². The molecule has 0 aliphatic carbocycles. The van der Waals surface area contributed by atoms with Crippen LogP contribution in [-0.4, -0.2) is 15.0 Å². The molecule has 27 heavy (non-hydrogen) atoms. The Morgan fingerprint density at radius 3 is 2.63 bits per heavy atom. The first-order valence-electron chi connectivity index (χ1n) is 8.11. The number of aromatic nitrogens is 3. The number of halogens is 3. The van der Waals surface area contributed by atoms with Gasteiger partial charge < -0.3 is 5.32 Å². The molecule has 7 heteroatoms. The van der Waals surface area contributed by atoms with Crippen molar-refractivity contribution in [2.45, 2.75) is 6.92 Å². The van der Waals surface area contributed by atoms with Gasteiger partial charge in [0.1, 0.15) is 11.6 Å². The first-order chi connectivity index (χ1) is 13.0. The van der Waals surface area contributed by atoms with Crippen LogP contribution >= 0.6 is 23.2 Å². The molecule has 0 amide bonds. The van der Waals surface area contributed by atoms with E-state index in [0.29, 0.717) is 22.4 Å². The Balaban J connectivity index is 1.92. The minimum Gasteiger partial charge on any atom is -0.340 e. The summed E-state index contributed by atoms with van der Waals surface area (Å²) in [4.78, 5) is 13.5. The molecule has 0 fully saturated rings. The van der Waals surface area contributed by atoms with Crippen LogP contribution in [0.2, 0.25) is 10.0 Å². The highest BCUT2D eigenvalue weighted by Gasteiger charge is 2.13. The summed E-state index contributed by atoms with van der Waals surface area (Å²) in [5, 5.41) is 4.57. The predicted molar refractivity (Wildman–Crippen MR) is 107 cm³/mol. The minimum absolute atomic E-state index is 0.0278. The minimum atomic E-state index is -0.482. The molecule has 0 saturated heterocycles. The highest BCUT2D eigenvalue weighted by molar-refractivity contribution is 6.31. The van der Waals surface area contributed by atoms with E-state index in [1.54, 1.807) is 24.5 Å². The van der Waals surface area contributed by atoms with Gasteiger partial charge in [0.25, 0.3) is 0 Å². The zero-order chi connectivity index (χ0) is 19.0. The number of hydrogen-bond acceptors (Lipinski definition) is 4. The van der Waals surface area contributed by atoms with Gasteiger partial charge in [-0.1, -0.05) is 23.2 Å². The third kappa shape index (κ3) is 3.56. The maximum absolute atomic E-state index is 13.5. The number of aryl methyl sites for hydroxylation is 1. The molecule has 0 radical (unpaired) electrons. The summed E-state index contributed by atoms with van der Waals surface area (Å²) in [5.41, 5.74) is 3.08. The summed E-state index contributed by atoms with van der Waals surface area (Å²) in [6.45, 7) is 1.94. The standard InChI is InChI=1S/C20H13Cl2FN4/c1-11-7-13(21)8-15-18(11)26-19(12-3-2-6-24-10-12)27-20(15)25-14-4-5-17(23)16(22)9-14/h2-10H,1H3,(H,25,26,27). The number of fused-ring (bicyclic) bond motifs is 1. The van der Waals surface area contributed by atoms with Crippen molar-refractivity contribution in [2.75, 3.05) is 5.32 Å². The predicted octanol–water partition coefficient (Wildman–Crippen LogP) is 6.19. The number of pyridine rings is 1. The fraction of sp³-hybridized carbons (Fsp3) is 0.0500. The largest absolute Gasteiger partial charge is 0.340 e. The van der Waals surface area contributed by atoms with Crippen LogP contribution in [0, 0.1) is 12.7 Å². The first kappa shape index (κ1) is 17.6. The van der Waals surface area contributed by atoms with Gasteiger partial charge in [0.05, 0.1) is 10.5 Å². The maximum Gasteiger partial charge on any atom is 0.163 e. The van der Waals surface area contributed by atoms with Gasteiger partial charge in [0.15, 0.2) is 5.82 Å². The Morgan fingerprint density at radius 2 is 1.89 bits per heavy atom. The van der Waals surface area contributed by atoms with E-state index in [-0.39, 0.29) is 5.02 Å². The number of nitrogens with one attached hydrogen (secondary N) is 1. The molecule has 0 atom stereocenters. The molecule has 2 aromatic carbocycles. The molecule has 1 N–H and O–H groups in total. The van der Waals surface area contributed by atoms with Gasteiger partial charge in [-0.3, -0.25) is 4.98 Å². The molecule has 0 aliphatic heterocycles. The van der Waals surface area contributed by atoms with Crippen molar-refractivity contribution >= 4 is 45.6 Å². The Hall–Kier alpha value is -2.76. The third-order valence-corrected chi connectivity index (χ3v) is 4.57. The number of anilines is 2. The second-order valence-corrected chi connectivity index (χ2v) is 6.85. The molecule has 0 unspecified atom stereocenters. The summed E-state index contributed by atoms with van der Waals surface area (Å²) in [6, 6.07) is 11.8. The van der Waals surface area contributed by atoms with Gasteiger partial charge in [-0.05, 0) is 55.0 Å². The second-order valence-electron chi connectivity index (χ2n) is 6.01. The summed E-state index contributed by atoms with van der Waals surface area (Å²) in [7, 11) is 0. The van der Waals surface area contributed by atoms with Gasteiger partial charge in [-0.2, -0.15) is 0 Å². The van der Waals surface area contributed by atoms with Gasteiger partial charge in [-0.15, -0.1) is 0 Å². The number of benzene rings is 2. The molecule has 4 nitrogen and oxygen atoms in total. The van der Waals surface area contributed by atoms with Crippen molar-refractivity contribution in [3.8, 4) is 11.4 Å². The third-order valence-electron chi connectivity index (χ3n) is 4.06. The lowest BCUT2D eigenvalue weighted by Gasteiger charge is -2.13. The Morgan fingerprint density at radius 1 is 1.04 bits per heavy atom. The van der Waals surface area contributed by atoms with E-state index >= 15 is 0 Å². The fourth-order valence-electron chi connectivity index (χ4n) is 2.79. The molecule has 134 valence electrons. The summed E-state index contributed by atoms with van der Waals surface area (Å²) < 4.78 is 13.5. The van der Waals surface area contributed by atoms with Gasteiger partial charge in [0.2, 0.25) is 0 Å². The van der Waals surface area contributed by atoms with E-state index in [2.05, 4.69) is 20.3 Å². The molecule has 0 aliphatic rings. The van der Waals surface area contributed by atoms with E-state index in [1.165, 1.54) is 12.1 Å². The SMILES string of the molecule is Cc1cc(Cl)cc2c(Nc3ccc(F)c(Cl)c3)nc(-c3cccnc3)nc12. The molecular formula is C20H13Cl2FN4. The number of hydrogen-bond donors (Lipinski definition) is 1. The zero-order valence-electron chi connectivity index (χ0n) is 14.2. The maximum atomic E-state index is 13.5. The van der Waals surface area contributed by atoms with Crippen molar-refractivity contribution in [3.05, 3.63) is 76.3 Å². The molecule has 0 bridgehead atoms.